The molecular formula is C21H35NO3. The topological polar surface area (TPSA) is 47.6 Å². The third kappa shape index (κ3) is 6.35. The lowest BCUT2D eigenvalue weighted by Gasteiger charge is -2.27. The lowest BCUT2D eigenvalue weighted by atomic mass is 9.96. The molecule has 0 fully saturated rings. The van der Waals surface area contributed by atoms with Crippen LogP contribution in [-0.2, 0) is 9.53 Å². The van der Waals surface area contributed by atoms with Crippen molar-refractivity contribution in [3.63, 3.8) is 0 Å². The number of carbonyl (C=O) groups excluding carboxylic acids is 1. The van der Waals surface area contributed by atoms with Gasteiger partial charge in [-0.05, 0) is 56.4 Å². The highest BCUT2D eigenvalue weighted by atomic mass is 16.5. The van der Waals surface area contributed by atoms with Crippen molar-refractivity contribution in [3.05, 3.63) is 23.3 Å². The molecule has 0 saturated heterocycles. The molecule has 142 valence electrons. The summed E-state index contributed by atoms with van der Waals surface area (Å²) in [6.45, 7) is 13.0. The van der Waals surface area contributed by atoms with E-state index in [2.05, 4.69) is 26.1 Å². The van der Waals surface area contributed by atoms with E-state index in [1.807, 2.05) is 32.9 Å². The largest absolute Gasteiger partial charge is 0.493 e. The quantitative estimate of drug-likeness (QED) is 0.586. The van der Waals surface area contributed by atoms with Crippen molar-refractivity contribution in [1.82, 2.24) is 0 Å². The molecule has 1 atom stereocenters. The van der Waals surface area contributed by atoms with Crippen LogP contribution in [0.15, 0.2) is 12.1 Å². The number of anilines is 1. The number of carbonyl (C=O) groups is 1. The maximum Gasteiger partial charge on any atom is 0.256 e. The van der Waals surface area contributed by atoms with E-state index in [9.17, 15) is 4.79 Å². The Morgan fingerprint density at radius 1 is 1.20 bits per heavy atom. The molecule has 1 aromatic carbocycles. The summed E-state index contributed by atoms with van der Waals surface area (Å²) in [5.41, 5.74) is 2.04. The molecule has 4 heteroatoms. The molecular weight excluding hydrogens is 314 g/mol. The molecule has 0 bridgehead atoms. The standard InChI is InChI=1S/C21H35NO3/c1-8-9-10-11-21(6,24-7)20(23)22-18-12-16(4)19(17(5)13-18)25-14-15(2)3/h12-13,15H,8-11,14H2,1-7H3,(H,22,23)/t21-/m1/s1. The number of nitrogens with one attached hydrogen (secondary N) is 1. The van der Waals surface area contributed by atoms with E-state index in [1.54, 1.807) is 7.11 Å². The van der Waals surface area contributed by atoms with Crippen molar-refractivity contribution >= 4 is 11.6 Å². The van der Waals surface area contributed by atoms with Gasteiger partial charge in [-0.15, -0.1) is 0 Å². The van der Waals surface area contributed by atoms with E-state index in [4.69, 9.17) is 9.47 Å². The van der Waals surface area contributed by atoms with E-state index in [0.29, 0.717) is 12.5 Å². The zero-order valence-electron chi connectivity index (χ0n) is 17.0. The molecule has 1 N–H and O–H groups in total. The molecule has 0 heterocycles. The third-order valence-electron chi connectivity index (χ3n) is 4.47. The number of hydrogen-bond donors (Lipinski definition) is 1. The van der Waals surface area contributed by atoms with Gasteiger partial charge in [0.25, 0.3) is 5.91 Å². The van der Waals surface area contributed by atoms with E-state index < -0.39 is 5.60 Å². The maximum absolute atomic E-state index is 12.7. The van der Waals surface area contributed by atoms with Gasteiger partial charge in [-0.2, -0.15) is 0 Å². The summed E-state index contributed by atoms with van der Waals surface area (Å²) in [5.74, 6) is 1.29. The Bertz CT molecular complexity index is 545. The summed E-state index contributed by atoms with van der Waals surface area (Å²) in [6.07, 6.45) is 3.93. The Morgan fingerprint density at radius 2 is 1.80 bits per heavy atom. The first kappa shape index (κ1) is 21.5. The monoisotopic (exact) mass is 349 g/mol. The maximum atomic E-state index is 12.7. The van der Waals surface area contributed by atoms with Gasteiger partial charge in [-0.1, -0.05) is 40.0 Å². The van der Waals surface area contributed by atoms with Crippen molar-refractivity contribution in [2.24, 2.45) is 5.92 Å². The minimum atomic E-state index is -0.802. The molecule has 0 saturated carbocycles. The Labute approximate surface area is 153 Å². The van der Waals surface area contributed by atoms with Crippen LogP contribution in [0.25, 0.3) is 0 Å². The lowest BCUT2D eigenvalue weighted by Crippen LogP contribution is -2.42. The van der Waals surface area contributed by atoms with Crippen LogP contribution in [0.1, 0.15) is 64.5 Å². The van der Waals surface area contributed by atoms with Gasteiger partial charge in [-0.25, -0.2) is 0 Å². The SMILES string of the molecule is CCCCC[C@@](C)(OC)C(=O)Nc1cc(C)c(OCC(C)C)c(C)c1. The van der Waals surface area contributed by atoms with E-state index in [1.165, 1.54) is 0 Å². The summed E-state index contributed by atoms with van der Waals surface area (Å²) in [7, 11) is 1.60. The first-order chi connectivity index (χ1) is 11.7. The van der Waals surface area contributed by atoms with Gasteiger partial charge >= 0.3 is 0 Å². The predicted molar refractivity (Wildman–Crippen MR) is 104 cm³/mol. The average Bonchev–Trinajstić information content (AvgIpc) is 2.53. The molecule has 1 amide bonds. The fourth-order valence-corrected chi connectivity index (χ4v) is 2.78. The average molecular weight is 350 g/mol. The van der Waals surface area contributed by atoms with E-state index in [-0.39, 0.29) is 5.91 Å². The first-order valence-electron chi connectivity index (χ1n) is 9.34. The highest BCUT2D eigenvalue weighted by molar-refractivity contribution is 5.97. The third-order valence-corrected chi connectivity index (χ3v) is 4.47. The second kappa shape index (κ2) is 9.81. The number of rotatable bonds is 10. The fourth-order valence-electron chi connectivity index (χ4n) is 2.78. The van der Waals surface area contributed by atoms with Crippen LogP contribution < -0.4 is 10.1 Å². The molecule has 0 aliphatic rings. The molecule has 0 spiro atoms. The zero-order chi connectivity index (χ0) is 19.0. The van der Waals surface area contributed by atoms with Crippen molar-refractivity contribution in [2.75, 3.05) is 19.0 Å². The highest BCUT2D eigenvalue weighted by Gasteiger charge is 2.32. The normalized spacial score (nSPS) is 13.6. The smallest absolute Gasteiger partial charge is 0.256 e. The Kier molecular flexibility index (Phi) is 8.43. The van der Waals surface area contributed by atoms with Crippen molar-refractivity contribution < 1.29 is 14.3 Å². The number of aryl methyl sites for hydroxylation is 2. The zero-order valence-corrected chi connectivity index (χ0v) is 17.0. The van der Waals surface area contributed by atoms with Gasteiger partial charge in [0.15, 0.2) is 0 Å². The van der Waals surface area contributed by atoms with Crippen LogP contribution in [0.3, 0.4) is 0 Å². The molecule has 0 radical (unpaired) electrons. The lowest BCUT2D eigenvalue weighted by molar-refractivity contribution is -0.136. The van der Waals surface area contributed by atoms with Gasteiger partial charge in [0.1, 0.15) is 11.4 Å². The molecule has 1 rings (SSSR count). The number of amides is 1. The summed E-state index contributed by atoms with van der Waals surface area (Å²) in [5, 5.41) is 3.01. The Morgan fingerprint density at radius 3 is 2.28 bits per heavy atom. The fraction of sp³-hybridized carbons (Fsp3) is 0.667. The van der Waals surface area contributed by atoms with Crippen molar-refractivity contribution in [3.8, 4) is 5.75 Å². The van der Waals surface area contributed by atoms with Crippen LogP contribution in [0.5, 0.6) is 5.75 Å². The van der Waals surface area contributed by atoms with Crippen molar-refractivity contribution in [1.29, 1.82) is 0 Å². The number of unbranched alkanes of at least 4 members (excludes halogenated alkanes) is 2. The van der Waals surface area contributed by atoms with Gasteiger partial charge in [0, 0.05) is 12.8 Å². The molecule has 25 heavy (non-hydrogen) atoms. The second-order valence-electron chi connectivity index (χ2n) is 7.49. The Hall–Kier alpha value is -1.55. The predicted octanol–water partition coefficient (Wildman–Crippen LogP) is 5.26. The van der Waals surface area contributed by atoms with Crippen LogP contribution in [0, 0.1) is 19.8 Å². The number of hydrogen-bond acceptors (Lipinski definition) is 3. The van der Waals surface area contributed by atoms with E-state index >= 15 is 0 Å². The number of ether oxygens (including phenoxy) is 2. The molecule has 0 aromatic heterocycles. The second-order valence-corrected chi connectivity index (χ2v) is 7.49. The van der Waals surface area contributed by atoms with Gasteiger partial charge < -0.3 is 14.8 Å². The minimum Gasteiger partial charge on any atom is -0.493 e. The molecule has 4 nitrogen and oxygen atoms in total. The first-order valence-corrected chi connectivity index (χ1v) is 9.34. The van der Waals surface area contributed by atoms with Crippen LogP contribution in [-0.4, -0.2) is 25.2 Å². The molecule has 0 unspecified atom stereocenters. The number of methoxy groups -OCH3 is 1. The minimum absolute atomic E-state index is 0.0965. The molecule has 0 aliphatic heterocycles. The van der Waals surface area contributed by atoms with E-state index in [0.717, 1.165) is 48.2 Å². The molecule has 0 aliphatic carbocycles. The van der Waals surface area contributed by atoms with Gasteiger partial charge in [-0.3, -0.25) is 4.79 Å². The number of benzene rings is 1. The van der Waals surface area contributed by atoms with Gasteiger partial charge in [0.05, 0.1) is 6.61 Å². The summed E-state index contributed by atoms with van der Waals surface area (Å²) in [6, 6.07) is 3.92. The molecule has 1 aromatic rings. The summed E-state index contributed by atoms with van der Waals surface area (Å²) >= 11 is 0. The summed E-state index contributed by atoms with van der Waals surface area (Å²) < 4.78 is 11.4. The van der Waals surface area contributed by atoms with Crippen LogP contribution in [0.2, 0.25) is 0 Å². The van der Waals surface area contributed by atoms with Gasteiger partial charge in [0.2, 0.25) is 0 Å². The van der Waals surface area contributed by atoms with Crippen LogP contribution in [0.4, 0.5) is 5.69 Å². The van der Waals surface area contributed by atoms with Crippen molar-refractivity contribution in [2.45, 2.75) is 72.8 Å². The Balaban J connectivity index is 2.86. The van der Waals surface area contributed by atoms with Crippen LogP contribution >= 0.6 is 0 Å². The summed E-state index contributed by atoms with van der Waals surface area (Å²) in [4.78, 5) is 12.7. The highest BCUT2D eigenvalue weighted by Crippen LogP contribution is 2.29.